The molecule has 2 aliphatic heterocycles. The first-order valence-electron chi connectivity index (χ1n) is 7.83. The normalized spacial score (nSPS) is 36.8. The van der Waals surface area contributed by atoms with Crippen molar-refractivity contribution in [1.82, 2.24) is 4.90 Å². The van der Waals surface area contributed by atoms with Gasteiger partial charge in [-0.2, -0.15) is 0 Å². The molecule has 2 unspecified atom stereocenters. The van der Waals surface area contributed by atoms with E-state index in [1.54, 1.807) is 0 Å². The number of hydrogen-bond acceptors (Lipinski definition) is 5. The molecule has 0 radical (unpaired) electrons. The standard InChI is InChI=1S/C15H27NO4/c1-14(2)11-16(7-12(9-17)19-14)8-13-10-18-15(20-13)5-3-4-6-15/h12-13,17H,3-11H2,1-2H3. The molecular formula is C15H27NO4. The van der Waals surface area contributed by atoms with E-state index < -0.39 is 0 Å². The van der Waals surface area contributed by atoms with E-state index in [1.165, 1.54) is 12.8 Å². The van der Waals surface area contributed by atoms with E-state index >= 15 is 0 Å². The summed E-state index contributed by atoms with van der Waals surface area (Å²) >= 11 is 0. The van der Waals surface area contributed by atoms with Gasteiger partial charge in [0, 0.05) is 32.5 Å². The molecule has 2 heterocycles. The van der Waals surface area contributed by atoms with Gasteiger partial charge in [0.25, 0.3) is 0 Å². The van der Waals surface area contributed by atoms with Crippen molar-refractivity contribution in [1.29, 1.82) is 0 Å². The Morgan fingerprint density at radius 1 is 1.15 bits per heavy atom. The molecule has 2 atom stereocenters. The molecule has 2 saturated heterocycles. The van der Waals surface area contributed by atoms with Gasteiger partial charge in [0.05, 0.1) is 31.0 Å². The minimum atomic E-state index is -0.275. The first-order valence-corrected chi connectivity index (χ1v) is 7.83. The Kier molecular flexibility index (Phi) is 4.08. The van der Waals surface area contributed by atoms with Crippen LogP contribution in [0.3, 0.4) is 0 Å². The monoisotopic (exact) mass is 285 g/mol. The van der Waals surface area contributed by atoms with Crippen LogP contribution in [0.4, 0.5) is 0 Å². The van der Waals surface area contributed by atoms with Crippen molar-refractivity contribution in [2.24, 2.45) is 0 Å². The Morgan fingerprint density at radius 3 is 2.60 bits per heavy atom. The van der Waals surface area contributed by atoms with Crippen molar-refractivity contribution in [3.05, 3.63) is 0 Å². The van der Waals surface area contributed by atoms with E-state index in [1.807, 2.05) is 0 Å². The van der Waals surface area contributed by atoms with E-state index in [4.69, 9.17) is 14.2 Å². The molecule has 1 aliphatic carbocycles. The Hall–Kier alpha value is -0.200. The van der Waals surface area contributed by atoms with Crippen LogP contribution in [0.2, 0.25) is 0 Å². The largest absolute Gasteiger partial charge is 0.394 e. The number of ether oxygens (including phenoxy) is 3. The lowest BCUT2D eigenvalue weighted by molar-refractivity contribution is -0.174. The molecule has 0 amide bonds. The third-order valence-electron chi connectivity index (χ3n) is 4.50. The smallest absolute Gasteiger partial charge is 0.168 e. The molecular weight excluding hydrogens is 258 g/mol. The molecule has 5 nitrogen and oxygen atoms in total. The summed E-state index contributed by atoms with van der Waals surface area (Å²) in [6.07, 6.45) is 4.56. The van der Waals surface area contributed by atoms with Crippen LogP contribution in [-0.4, -0.2) is 66.5 Å². The molecule has 0 aromatic carbocycles. The fraction of sp³-hybridized carbons (Fsp3) is 1.00. The summed E-state index contributed by atoms with van der Waals surface area (Å²) in [4.78, 5) is 2.34. The van der Waals surface area contributed by atoms with Gasteiger partial charge in [0.1, 0.15) is 0 Å². The second-order valence-electron chi connectivity index (χ2n) is 7.04. The molecule has 1 saturated carbocycles. The van der Waals surface area contributed by atoms with Crippen LogP contribution in [0.15, 0.2) is 0 Å². The average Bonchev–Trinajstić information content (AvgIpc) is 2.98. The van der Waals surface area contributed by atoms with Crippen LogP contribution in [0.25, 0.3) is 0 Å². The van der Waals surface area contributed by atoms with Crippen molar-refractivity contribution in [2.75, 3.05) is 32.8 Å². The third-order valence-corrected chi connectivity index (χ3v) is 4.50. The summed E-state index contributed by atoms with van der Waals surface area (Å²) in [7, 11) is 0. The van der Waals surface area contributed by atoms with Crippen LogP contribution < -0.4 is 0 Å². The number of aliphatic hydroxyl groups is 1. The first kappa shape index (κ1) is 14.7. The zero-order valence-corrected chi connectivity index (χ0v) is 12.6. The fourth-order valence-corrected chi connectivity index (χ4v) is 3.82. The van der Waals surface area contributed by atoms with Gasteiger partial charge in [0.2, 0.25) is 0 Å². The third kappa shape index (κ3) is 3.17. The van der Waals surface area contributed by atoms with Gasteiger partial charge in [-0.1, -0.05) is 0 Å². The molecule has 3 aliphatic rings. The topological polar surface area (TPSA) is 51.2 Å². The van der Waals surface area contributed by atoms with E-state index in [9.17, 15) is 5.11 Å². The molecule has 0 bridgehead atoms. The molecule has 5 heteroatoms. The molecule has 1 N–H and O–H groups in total. The van der Waals surface area contributed by atoms with Gasteiger partial charge < -0.3 is 19.3 Å². The summed E-state index contributed by atoms with van der Waals surface area (Å²) in [5.74, 6) is -0.275. The highest BCUT2D eigenvalue weighted by molar-refractivity contribution is 4.89. The van der Waals surface area contributed by atoms with Crippen molar-refractivity contribution in [3.63, 3.8) is 0 Å². The summed E-state index contributed by atoms with van der Waals surface area (Å²) in [5, 5.41) is 9.36. The van der Waals surface area contributed by atoms with Gasteiger partial charge in [-0.15, -0.1) is 0 Å². The van der Waals surface area contributed by atoms with E-state index in [0.29, 0.717) is 6.61 Å². The summed E-state index contributed by atoms with van der Waals surface area (Å²) in [6.45, 7) is 7.43. The predicted octanol–water partition coefficient (Wildman–Crippen LogP) is 1.14. The summed E-state index contributed by atoms with van der Waals surface area (Å²) in [5.41, 5.74) is -0.212. The van der Waals surface area contributed by atoms with Crippen molar-refractivity contribution in [2.45, 2.75) is 63.1 Å². The van der Waals surface area contributed by atoms with Gasteiger partial charge in [0.15, 0.2) is 5.79 Å². The molecule has 1 spiro atoms. The summed E-state index contributed by atoms with van der Waals surface area (Å²) < 4.78 is 18.0. The lowest BCUT2D eigenvalue weighted by Gasteiger charge is -2.43. The zero-order valence-electron chi connectivity index (χ0n) is 12.6. The van der Waals surface area contributed by atoms with Crippen molar-refractivity contribution >= 4 is 0 Å². The minimum Gasteiger partial charge on any atom is -0.394 e. The van der Waals surface area contributed by atoms with Crippen LogP contribution in [-0.2, 0) is 14.2 Å². The lowest BCUT2D eigenvalue weighted by Crippen LogP contribution is -2.55. The average molecular weight is 285 g/mol. The number of nitrogens with zero attached hydrogens (tertiary/aromatic N) is 1. The van der Waals surface area contributed by atoms with Gasteiger partial charge in [-0.3, -0.25) is 4.90 Å². The zero-order chi connectivity index (χ0) is 14.2. The van der Waals surface area contributed by atoms with Gasteiger partial charge in [-0.25, -0.2) is 0 Å². The maximum absolute atomic E-state index is 9.36. The number of aliphatic hydroxyl groups excluding tert-OH is 1. The number of rotatable bonds is 3. The highest BCUT2D eigenvalue weighted by atomic mass is 16.7. The van der Waals surface area contributed by atoms with Crippen LogP contribution >= 0.6 is 0 Å². The van der Waals surface area contributed by atoms with Crippen LogP contribution in [0.5, 0.6) is 0 Å². The predicted molar refractivity (Wildman–Crippen MR) is 74.5 cm³/mol. The molecule has 20 heavy (non-hydrogen) atoms. The molecule has 116 valence electrons. The minimum absolute atomic E-state index is 0.0753. The Morgan fingerprint density at radius 2 is 1.90 bits per heavy atom. The maximum atomic E-state index is 9.36. The highest BCUT2D eigenvalue weighted by Gasteiger charge is 2.44. The molecule has 3 rings (SSSR count). The Balaban J connectivity index is 1.55. The van der Waals surface area contributed by atoms with E-state index in [2.05, 4.69) is 18.7 Å². The van der Waals surface area contributed by atoms with Crippen molar-refractivity contribution in [3.8, 4) is 0 Å². The molecule has 0 aromatic rings. The number of hydrogen-bond donors (Lipinski definition) is 1. The lowest BCUT2D eigenvalue weighted by atomic mass is 10.0. The molecule has 0 aromatic heterocycles. The quantitative estimate of drug-likeness (QED) is 0.843. The fourth-order valence-electron chi connectivity index (χ4n) is 3.82. The second kappa shape index (κ2) is 5.54. The highest BCUT2D eigenvalue weighted by Crippen LogP contribution is 2.39. The van der Waals surface area contributed by atoms with Crippen molar-refractivity contribution < 1.29 is 19.3 Å². The summed E-state index contributed by atoms with van der Waals surface area (Å²) in [6, 6.07) is 0. The Labute approximate surface area is 121 Å². The van der Waals surface area contributed by atoms with Crippen LogP contribution in [0.1, 0.15) is 39.5 Å². The van der Waals surface area contributed by atoms with Crippen LogP contribution in [0, 0.1) is 0 Å². The second-order valence-corrected chi connectivity index (χ2v) is 7.04. The maximum Gasteiger partial charge on any atom is 0.168 e. The van der Waals surface area contributed by atoms with E-state index in [0.717, 1.165) is 32.5 Å². The SMILES string of the molecule is CC1(C)CN(CC2COC3(CCCC3)O2)CC(CO)O1. The first-order chi connectivity index (χ1) is 9.50. The molecule has 3 fully saturated rings. The Bertz CT molecular complexity index is 341. The van der Waals surface area contributed by atoms with Gasteiger partial charge >= 0.3 is 0 Å². The van der Waals surface area contributed by atoms with E-state index in [-0.39, 0.29) is 30.2 Å². The van der Waals surface area contributed by atoms with Gasteiger partial charge in [-0.05, 0) is 26.7 Å². The number of morpholine rings is 1.